The van der Waals surface area contributed by atoms with E-state index in [9.17, 15) is 0 Å². The van der Waals surface area contributed by atoms with Crippen molar-refractivity contribution in [2.24, 2.45) is 11.8 Å². The second-order valence-electron chi connectivity index (χ2n) is 24.4. The van der Waals surface area contributed by atoms with E-state index in [0.29, 0.717) is 35.5 Å². The molecule has 0 saturated heterocycles. The molecule has 0 aliphatic heterocycles. The fourth-order valence-corrected chi connectivity index (χ4v) is 13.3. The first-order valence-electron chi connectivity index (χ1n) is 31.1. The third-order valence-electron chi connectivity index (χ3n) is 17.7. The van der Waals surface area contributed by atoms with Crippen LogP contribution >= 0.6 is 0 Å². The Morgan fingerprint density at radius 2 is 0.628 bits per heavy atom. The Morgan fingerprint density at radius 3 is 1.02 bits per heavy atom. The summed E-state index contributed by atoms with van der Waals surface area (Å²) < 4.78 is 12.8. The molecule has 0 aliphatic carbocycles. The minimum atomic E-state index is 0.343. The van der Waals surface area contributed by atoms with E-state index in [0.717, 1.165) is 59.0 Å². The van der Waals surface area contributed by atoms with Crippen LogP contribution in [0.1, 0.15) is 102 Å². The lowest BCUT2D eigenvalue weighted by atomic mass is 9.79. The van der Waals surface area contributed by atoms with Gasteiger partial charge in [0, 0.05) is 11.1 Å². The molecule has 0 aliphatic rings. The zero-order valence-corrected chi connectivity index (χ0v) is 50.8. The largest absolute Gasteiger partial charge is 0.436 e. The summed E-state index contributed by atoms with van der Waals surface area (Å²) in [7, 11) is 0. The number of aromatic nitrogens is 2. The number of para-hydroxylation sites is 4. The number of oxazole rings is 2. The molecule has 4 heteroatoms. The molecule has 4 nitrogen and oxygen atoms in total. The van der Waals surface area contributed by atoms with Crippen molar-refractivity contribution in [2.75, 3.05) is 0 Å². The van der Waals surface area contributed by atoms with Gasteiger partial charge in [0.15, 0.2) is 11.2 Å². The number of rotatable bonds is 14. The van der Waals surface area contributed by atoms with Crippen LogP contribution < -0.4 is 0 Å². The van der Waals surface area contributed by atoms with Crippen LogP contribution in [0.25, 0.3) is 133 Å². The highest BCUT2D eigenvalue weighted by Crippen LogP contribution is 2.50. The standard InChI is InChI=1S/2C41H37NO/c1-26(2)22-29-25-36(41-42-37-20-12-13-21-38(37)43-41)30(23-27(3)4)24-35(29)40-33-18-10-8-16-31(33)39(28-14-6-5-7-15-28)32-17-9-11-19-34(32)40;1-5-26(3)33-25-36(41-42-37-22-14-15-23-38(37)43-41)34(27(4)6-2)24-35(33)40-31-20-12-10-18-29(31)39(28-16-8-7-9-17-28)30-19-11-13-21-32(30)40/h5-21,24-27H,22-23H2,1-4H3;7-27H,5-6H2,1-4H3. The molecule has 2 aromatic heterocycles. The SMILES string of the molecule is CC(C)Cc1cc(-c2c3ccccc3c(-c3ccccc3)c3ccccc23)c(CC(C)C)cc1-c1nc2ccccc2o1.CCC(C)c1cc(-c2c3ccccc3c(-c3ccccc3)c3ccccc23)c(C(C)CC)cc1-c1nc2ccccc2o1. The van der Waals surface area contributed by atoms with Crippen LogP contribution in [-0.4, -0.2) is 9.97 Å². The molecule has 0 saturated carbocycles. The monoisotopic (exact) mass is 1120 g/mol. The summed E-state index contributed by atoms with van der Waals surface area (Å²) in [6, 6.07) is 83.3. The summed E-state index contributed by atoms with van der Waals surface area (Å²) in [5.41, 5.74) is 21.3. The zero-order valence-electron chi connectivity index (χ0n) is 50.8. The molecular formula is C82H74N2O2. The van der Waals surface area contributed by atoms with Gasteiger partial charge in [-0.05, 0) is 202 Å². The van der Waals surface area contributed by atoms with E-state index in [4.69, 9.17) is 18.8 Å². The van der Waals surface area contributed by atoms with Crippen LogP contribution in [0, 0.1) is 11.8 Å². The number of hydrogen-bond acceptors (Lipinski definition) is 4. The van der Waals surface area contributed by atoms with Gasteiger partial charge in [0.1, 0.15) is 11.0 Å². The summed E-state index contributed by atoms with van der Waals surface area (Å²) >= 11 is 0. The van der Waals surface area contributed by atoms with E-state index in [1.807, 2.05) is 48.5 Å². The molecule has 2 atom stereocenters. The lowest BCUT2D eigenvalue weighted by Crippen LogP contribution is -2.04. The van der Waals surface area contributed by atoms with Crippen molar-refractivity contribution in [3.63, 3.8) is 0 Å². The van der Waals surface area contributed by atoms with Gasteiger partial charge in [-0.2, -0.15) is 0 Å². The first-order chi connectivity index (χ1) is 42.1. The minimum Gasteiger partial charge on any atom is -0.436 e. The fraction of sp³-hybridized carbons (Fsp3) is 0.195. The fourth-order valence-electron chi connectivity index (χ4n) is 13.3. The highest BCUT2D eigenvalue weighted by molar-refractivity contribution is 6.23. The normalized spacial score (nSPS) is 12.5. The summed E-state index contributed by atoms with van der Waals surface area (Å²) in [5, 5.41) is 10.3. The van der Waals surface area contributed by atoms with Crippen LogP contribution in [0.2, 0.25) is 0 Å². The summed E-state index contributed by atoms with van der Waals surface area (Å²) in [6.45, 7) is 18.4. The van der Waals surface area contributed by atoms with E-state index >= 15 is 0 Å². The topological polar surface area (TPSA) is 52.1 Å². The smallest absolute Gasteiger partial charge is 0.227 e. The van der Waals surface area contributed by atoms with Gasteiger partial charge in [-0.1, -0.05) is 243 Å². The maximum atomic E-state index is 6.40. The zero-order chi connectivity index (χ0) is 59.0. The Kier molecular flexibility index (Phi) is 15.5. The third-order valence-corrected chi connectivity index (χ3v) is 17.7. The lowest BCUT2D eigenvalue weighted by molar-refractivity contribution is 0.611. The molecule has 14 rings (SSSR count). The number of benzene rings is 12. The molecular weight excluding hydrogens is 1040 g/mol. The quantitative estimate of drug-likeness (QED) is 0.102. The van der Waals surface area contributed by atoms with Crippen molar-refractivity contribution in [3.8, 4) is 67.4 Å². The average Bonchev–Trinajstić information content (AvgIpc) is 0.897. The van der Waals surface area contributed by atoms with Gasteiger partial charge < -0.3 is 8.83 Å². The molecule has 12 aromatic carbocycles. The van der Waals surface area contributed by atoms with E-state index < -0.39 is 0 Å². The van der Waals surface area contributed by atoms with Gasteiger partial charge in [0.2, 0.25) is 11.8 Å². The summed E-state index contributed by atoms with van der Waals surface area (Å²) in [4.78, 5) is 9.92. The van der Waals surface area contributed by atoms with Crippen molar-refractivity contribution in [1.82, 2.24) is 9.97 Å². The van der Waals surface area contributed by atoms with E-state index in [1.54, 1.807) is 0 Å². The lowest BCUT2D eigenvalue weighted by Gasteiger charge is -2.24. The van der Waals surface area contributed by atoms with E-state index in [-0.39, 0.29) is 0 Å². The van der Waals surface area contributed by atoms with Crippen molar-refractivity contribution in [2.45, 2.75) is 92.9 Å². The van der Waals surface area contributed by atoms with Gasteiger partial charge in [0.25, 0.3) is 0 Å². The molecule has 0 radical (unpaired) electrons. The molecule has 424 valence electrons. The molecule has 0 amide bonds. The molecule has 2 unspecified atom stereocenters. The van der Waals surface area contributed by atoms with Gasteiger partial charge in [-0.15, -0.1) is 0 Å². The van der Waals surface area contributed by atoms with Crippen molar-refractivity contribution >= 4 is 65.3 Å². The second-order valence-corrected chi connectivity index (χ2v) is 24.4. The minimum absolute atomic E-state index is 0.343. The highest BCUT2D eigenvalue weighted by atomic mass is 16.4. The van der Waals surface area contributed by atoms with Crippen molar-refractivity contribution in [3.05, 3.63) is 253 Å². The van der Waals surface area contributed by atoms with Crippen LogP contribution in [0.4, 0.5) is 0 Å². The van der Waals surface area contributed by atoms with Gasteiger partial charge >= 0.3 is 0 Å². The number of fused-ring (bicyclic) bond motifs is 6. The van der Waals surface area contributed by atoms with Crippen molar-refractivity contribution in [1.29, 1.82) is 0 Å². The van der Waals surface area contributed by atoms with Crippen LogP contribution in [-0.2, 0) is 12.8 Å². The van der Waals surface area contributed by atoms with Crippen LogP contribution in [0.3, 0.4) is 0 Å². The van der Waals surface area contributed by atoms with Gasteiger partial charge in [-0.3, -0.25) is 0 Å². The maximum absolute atomic E-state index is 6.40. The Morgan fingerprint density at radius 1 is 0.314 bits per heavy atom. The first-order valence-corrected chi connectivity index (χ1v) is 31.1. The molecule has 0 fully saturated rings. The Hall–Kier alpha value is -9.38. The Balaban J connectivity index is 0.000000160. The number of nitrogens with zero attached hydrogens (tertiary/aromatic N) is 2. The van der Waals surface area contributed by atoms with Gasteiger partial charge in [-0.25, -0.2) is 9.97 Å². The molecule has 0 N–H and O–H groups in total. The molecule has 0 bridgehead atoms. The Labute approximate surface area is 506 Å². The van der Waals surface area contributed by atoms with E-state index in [2.05, 4.69) is 237 Å². The average molecular weight is 1120 g/mol. The van der Waals surface area contributed by atoms with E-state index in [1.165, 1.54) is 110 Å². The summed E-state index contributed by atoms with van der Waals surface area (Å²) in [5.74, 6) is 3.10. The predicted molar refractivity (Wildman–Crippen MR) is 365 cm³/mol. The number of hydrogen-bond donors (Lipinski definition) is 0. The summed E-state index contributed by atoms with van der Waals surface area (Å²) in [6.07, 6.45) is 3.99. The first kappa shape index (κ1) is 55.8. The Bertz CT molecular complexity index is 4590. The molecule has 2 heterocycles. The predicted octanol–water partition coefficient (Wildman–Crippen LogP) is 23.7. The second kappa shape index (κ2) is 23.9. The van der Waals surface area contributed by atoms with Crippen LogP contribution in [0.15, 0.2) is 239 Å². The van der Waals surface area contributed by atoms with Gasteiger partial charge in [0.05, 0.1) is 0 Å². The third kappa shape index (κ3) is 10.5. The molecule has 0 spiro atoms. The molecule has 86 heavy (non-hydrogen) atoms. The highest BCUT2D eigenvalue weighted by Gasteiger charge is 2.27. The van der Waals surface area contributed by atoms with Crippen LogP contribution in [0.5, 0.6) is 0 Å². The van der Waals surface area contributed by atoms with Crippen molar-refractivity contribution < 1.29 is 8.83 Å². The maximum Gasteiger partial charge on any atom is 0.227 e. The molecule has 14 aromatic rings.